The molecule has 23 heavy (non-hydrogen) atoms. The lowest BCUT2D eigenvalue weighted by molar-refractivity contribution is -0.121. The highest BCUT2D eigenvalue weighted by atomic mass is 35.5. The molecule has 0 N–H and O–H groups in total. The van der Waals surface area contributed by atoms with E-state index in [-0.39, 0.29) is 11.8 Å². The van der Waals surface area contributed by atoms with Gasteiger partial charge in [0.05, 0.1) is 18.1 Å². The molecule has 124 valence electrons. The standard InChI is InChI=1S/C16H21ClN4OS/c1-11(2)8-20(16(22)12(3)10-23)14-9-21(19-15(14)17)13-5-4-6-18-7-13/h4-7,9,11-12,23H,8,10H2,1-3H3. The summed E-state index contributed by atoms with van der Waals surface area (Å²) in [5, 5.41) is 4.61. The van der Waals surface area contributed by atoms with Crippen molar-refractivity contribution < 1.29 is 4.79 Å². The fourth-order valence-corrected chi connectivity index (χ4v) is 2.55. The Morgan fingerprint density at radius 2 is 2.17 bits per heavy atom. The summed E-state index contributed by atoms with van der Waals surface area (Å²) in [7, 11) is 0. The summed E-state index contributed by atoms with van der Waals surface area (Å²) in [5.74, 6) is 0.613. The first-order valence-electron chi connectivity index (χ1n) is 7.51. The molecule has 0 bridgehead atoms. The van der Waals surface area contributed by atoms with Crippen molar-refractivity contribution >= 4 is 35.8 Å². The highest BCUT2D eigenvalue weighted by Crippen LogP contribution is 2.28. The Balaban J connectivity index is 2.39. The van der Waals surface area contributed by atoms with Crippen molar-refractivity contribution in [2.24, 2.45) is 11.8 Å². The number of hydrogen-bond donors (Lipinski definition) is 1. The zero-order valence-corrected chi connectivity index (χ0v) is 15.1. The van der Waals surface area contributed by atoms with Crippen LogP contribution in [0.3, 0.4) is 0 Å². The van der Waals surface area contributed by atoms with Crippen LogP contribution in [0.15, 0.2) is 30.7 Å². The van der Waals surface area contributed by atoms with Crippen LogP contribution >= 0.6 is 24.2 Å². The average molecular weight is 353 g/mol. The quantitative estimate of drug-likeness (QED) is 0.810. The van der Waals surface area contributed by atoms with Crippen molar-refractivity contribution in [3.05, 3.63) is 35.9 Å². The number of hydrogen-bond acceptors (Lipinski definition) is 4. The van der Waals surface area contributed by atoms with E-state index in [0.29, 0.717) is 29.1 Å². The largest absolute Gasteiger partial charge is 0.308 e. The van der Waals surface area contributed by atoms with E-state index in [1.807, 2.05) is 19.1 Å². The maximum atomic E-state index is 12.7. The molecule has 1 atom stereocenters. The molecular formula is C16H21ClN4OS. The van der Waals surface area contributed by atoms with Crippen LogP contribution in [-0.4, -0.2) is 33.0 Å². The molecular weight excluding hydrogens is 332 g/mol. The number of carbonyl (C=O) groups excluding carboxylic acids is 1. The second kappa shape index (κ2) is 7.84. The van der Waals surface area contributed by atoms with Crippen LogP contribution < -0.4 is 4.90 Å². The SMILES string of the molecule is CC(C)CN(C(=O)C(C)CS)c1cn(-c2cccnc2)nc1Cl. The van der Waals surface area contributed by atoms with E-state index >= 15 is 0 Å². The van der Waals surface area contributed by atoms with E-state index < -0.39 is 0 Å². The molecule has 0 spiro atoms. The molecule has 7 heteroatoms. The van der Waals surface area contributed by atoms with Gasteiger partial charge in [0, 0.05) is 24.4 Å². The van der Waals surface area contributed by atoms with Gasteiger partial charge in [0.1, 0.15) is 5.69 Å². The van der Waals surface area contributed by atoms with Crippen LogP contribution in [0.2, 0.25) is 5.15 Å². The van der Waals surface area contributed by atoms with E-state index in [1.165, 1.54) is 0 Å². The second-order valence-electron chi connectivity index (χ2n) is 5.89. The van der Waals surface area contributed by atoms with Crippen LogP contribution in [0.4, 0.5) is 5.69 Å². The molecule has 0 fully saturated rings. The van der Waals surface area contributed by atoms with Crippen molar-refractivity contribution in [3.63, 3.8) is 0 Å². The van der Waals surface area contributed by atoms with Gasteiger partial charge < -0.3 is 4.90 Å². The van der Waals surface area contributed by atoms with Gasteiger partial charge in [-0.3, -0.25) is 9.78 Å². The zero-order valence-electron chi connectivity index (χ0n) is 13.5. The van der Waals surface area contributed by atoms with E-state index in [0.717, 1.165) is 5.69 Å². The van der Waals surface area contributed by atoms with Crippen LogP contribution in [0.25, 0.3) is 5.69 Å². The Labute approximate surface area is 147 Å². The van der Waals surface area contributed by atoms with E-state index in [9.17, 15) is 4.79 Å². The summed E-state index contributed by atoms with van der Waals surface area (Å²) in [5.41, 5.74) is 1.41. The normalized spacial score (nSPS) is 12.4. The molecule has 5 nitrogen and oxygen atoms in total. The fraction of sp³-hybridized carbons (Fsp3) is 0.438. The lowest BCUT2D eigenvalue weighted by Gasteiger charge is -2.26. The number of amides is 1. The summed E-state index contributed by atoms with van der Waals surface area (Å²) >= 11 is 10.5. The minimum atomic E-state index is -0.185. The van der Waals surface area contributed by atoms with Crippen LogP contribution in [0, 0.1) is 11.8 Å². The van der Waals surface area contributed by atoms with Gasteiger partial charge in [-0.05, 0) is 18.1 Å². The van der Waals surface area contributed by atoms with Gasteiger partial charge in [0.25, 0.3) is 0 Å². The monoisotopic (exact) mass is 352 g/mol. The number of pyridine rings is 1. The fourth-order valence-electron chi connectivity index (χ4n) is 2.16. The molecule has 0 saturated heterocycles. The van der Waals surface area contributed by atoms with Crippen LogP contribution in [0.5, 0.6) is 0 Å². The van der Waals surface area contributed by atoms with Crippen LogP contribution in [-0.2, 0) is 4.79 Å². The predicted molar refractivity (Wildman–Crippen MR) is 96.6 cm³/mol. The Morgan fingerprint density at radius 3 is 2.74 bits per heavy atom. The van der Waals surface area contributed by atoms with Crippen molar-refractivity contribution in [1.29, 1.82) is 0 Å². The third kappa shape index (κ3) is 4.26. The number of rotatable bonds is 6. The van der Waals surface area contributed by atoms with Gasteiger partial charge in [0.2, 0.25) is 5.91 Å². The Kier molecular flexibility index (Phi) is 6.07. The van der Waals surface area contributed by atoms with E-state index in [2.05, 4.69) is 36.6 Å². The Morgan fingerprint density at radius 1 is 1.43 bits per heavy atom. The summed E-state index contributed by atoms with van der Waals surface area (Å²) in [6.45, 7) is 6.56. The molecule has 0 saturated carbocycles. The molecule has 1 unspecified atom stereocenters. The smallest absolute Gasteiger partial charge is 0.230 e. The molecule has 2 aromatic rings. The van der Waals surface area contributed by atoms with Gasteiger partial charge in [-0.25, -0.2) is 4.68 Å². The third-order valence-corrected chi connectivity index (χ3v) is 4.18. The van der Waals surface area contributed by atoms with Crippen molar-refractivity contribution in [1.82, 2.24) is 14.8 Å². The Bertz CT molecular complexity index is 659. The molecule has 0 aromatic carbocycles. The maximum absolute atomic E-state index is 12.7. The van der Waals surface area contributed by atoms with Crippen LogP contribution in [0.1, 0.15) is 20.8 Å². The molecule has 0 aliphatic heterocycles. The van der Waals surface area contributed by atoms with E-state index in [1.54, 1.807) is 28.2 Å². The van der Waals surface area contributed by atoms with Gasteiger partial charge in [-0.2, -0.15) is 17.7 Å². The molecule has 2 rings (SSSR count). The van der Waals surface area contributed by atoms with E-state index in [4.69, 9.17) is 11.6 Å². The number of nitrogens with zero attached hydrogens (tertiary/aromatic N) is 4. The summed E-state index contributed by atoms with van der Waals surface area (Å²) < 4.78 is 1.64. The highest BCUT2D eigenvalue weighted by Gasteiger charge is 2.25. The van der Waals surface area contributed by atoms with Gasteiger partial charge in [-0.1, -0.05) is 32.4 Å². The molecule has 1 amide bonds. The lowest BCUT2D eigenvalue weighted by atomic mass is 10.1. The second-order valence-corrected chi connectivity index (χ2v) is 6.61. The Hall–Kier alpha value is -1.53. The number of anilines is 1. The number of carbonyl (C=O) groups is 1. The van der Waals surface area contributed by atoms with Gasteiger partial charge in [0.15, 0.2) is 5.15 Å². The zero-order chi connectivity index (χ0) is 17.0. The lowest BCUT2D eigenvalue weighted by Crippen LogP contribution is -2.38. The highest BCUT2D eigenvalue weighted by molar-refractivity contribution is 7.80. The number of aromatic nitrogens is 3. The van der Waals surface area contributed by atoms with Crippen molar-refractivity contribution in [2.75, 3.05) is 17.2 Å². The molecule has 0 aliphatic carbocycles. The van der Waals surface area contributed by atoms with Gasteiger partial charge >= 0.3 is 0 Å². The third-order valence-electron chi connectivity index (χ3n) is 3.36. The number of thiol groups is 1. The number of halogens is 1. The van der Waals surface area contributed by atoms with Crippen molar-refractivity contribution in [2.45, 2.75) is 20.8 Å². The topological polar surface area (TPSA) is 51.0 Å². The molecule has 2 heterocycles. The summed E-state index contributed by atoms with van der Waals surface area (Å²) in [6.07, 6.45) is 5.15. The maximum Gasteiger partial charge on any atom is 0.230 e. The summed E-state index contributed by atoms with van der Waals surface area (Å²) in [4.78, 5) is 18.5. The average Bonchev–Trinajstić information content (AvgIpc) is 2.93. The van der Waals surface area contributed by atoms with Gasteiger partial charge in [-0.15, -0.1) is 0 Å². The first kappa shape index (κ1) is 17.8. The first-order valence-corrected chi connectivity index (χ1v) is 8.52. The predicted octanol–water partition coefficient (Wildman–Crippen LogP) is 3.48. The van der Waals surface area contributed by atoms with Crippen molar-refractivity contribution in [3.8, 4) is 5.69 Å². The minimum Gasteiger partial charge on any atom is -0.308 e. The molecule has 2 aromatic heterocycles. The summed E-state index contributed by atoms with van der Waals surface area (Å²) in [6, 6.07) is 3.70. The minimum absolute atomic E-state index is 0.00124. The molecule has 0 aliphatic rings. The molecule has 0 radical (unpaired) electrons. The first-order chi connectivity index (χ1) is 10.9.